The van der Waals surface area contributed by atoms with Crippen LogP contribution in [0.4, 0.5) is 0 Å². The van der Waals surface area contributed by atoms with E-state index < -0.39 is 5.97 Å². The van der Waals surface area contributed by atoms with Crippen molar-refractivity contribution < 1.29 is 19.0 Å². The first-order chi connectivity index (χ1) is 13.9. The Morgan fingerprint density at radius 2 is 1.93 bits per heavy atom. The van der Waals surface area contributed by atoms with E-state index in [1.807, 2.05) is 37.3 Å². The maximum atomic E-state index is 12.3. The number of rotatable bonds is 7. The maximum Gasteiger partial charge on any atom is 0.363 e. The van der Waals surface area contributed by atoms with Gasteiger partial charge in [0.2, 0.25) is 5.90 Å². The highest BCUT2D eigenvalue weighted by atomic mass is 127. The van der Waals surface area contributed by atoms with Crippen LogP contribution >= 0.6 is 61.1 Å². The predicted molar refractivity (Wildman–Crippen MR) is 134 cm³/mol. The van der Waals surface area contributed by atoms with Crippen molar-refractivity contribution in [2.45, 2.75) is 20.3 Å². The van der Waals surface area contributed by atoms with Gasteiger partial charge < -0.3 is 14.2 Å². The van der Waals surface area contributed by atoms with E-state index >= 15 is 0 Å². The van der Waals surface area contributed by atoms with Gasteiger partial charge in [-0.1, -0.05) is 6.92 Å². The van der Waals surface area contributed by atoms with Crippen molar-refractivity contribution in [3.05, 3.63) is 58.8 Å². The van der Waals surface area contributed by atoms with Gasteiger partial charge in [0.1, 0.15) is 0 Å². The second-order valence-corrected chi connectivity index (χ2v) is 9.26. The van der Waals surface area contributed by atoms with Gasteiger partial charge in [-0.25, -0.2) is 9.79 Å². The van der Waals surface area contributed by atoms with Gasteiger partial charge in [-0.3, -0.25) is 0 Å². The molecular weight excluding hydrogens is 664 g/mol. The molecule has 0 aromatic heterocycles. The number of ether oxygens (including phenoxy) is 3. The number of carbonyl (C=O) groups excluding carboxylic acids is 1. The van der Waals surface area contributed by atoms with Crippen LogP contribution in [0, 0.1) is 7.14 Å². The van der Waals surface area contributed by atoms with E-state index in [9.17, 15) is 4.79 Å². The van der Waals surface area contributed by atoms with E-state index in [2.05, 4.69) is 73.0 Å². The molecule has 8 heteroatoms. The van der Waals surface area contributed by atoms with Crippen molar-refractivity contribution in [2.24, 2.45) is 4.99 Å². The Morgan fingerprint density at radius 3 is 2.62 bits per heavy atom. The smallest absolute Gasteiger partial charge is 0.363 e. The Balaban J connectivity index is 1.95. The van der Waals surface area contributed by atoms with Crippen molar-refractivity contribution in [1.29, 1.82) is 0 Å². The number of nitrogens with zero attached hydrogens (tertiary/aromatic N) is 1. The van der Waals surface area contributed by atoms with Crippen LogP contribution in [0.1, 0.15) is 31.4 Å². The molecule has 0 fully saturated rings. The first kappa shape index (κ1) is 22.5. The fourth-order valence-corrected chi connectivity index (χ4v) is 4.09. The molecule has 2 aromatic carbocycles. The predicted octanol–water partition coefficient (Wildman–Crippen LogP) is 6.19. The second-order valence-electron chi connectivity index (χ2n) is 6.08. The van der Waals surface area contributed by atoms with Gasteiger partial charge in [-0.05, 0) is 116 Å². The number of esters is 1. The molecule has 0 saturated carbocycles. The fourth-order valence-electron chi connectivity index (χ4n) is 2.60. The van der Waals surface area contributed by atoms with Gasteiger partial charge in [0, 0.05) is 13.6 Å². The van der Waals surface area contributed by atoms with Crippen molar-refractivity contribution in [3.63, 3.8) is 0 Å². The Kier molecular flexibility index (Phi) is 7.97. The number of aliphatic imine (C=N–C) groups is 1. The highest BCUT2D eigenvalue weighted by Crippen LogP contribution is 2.35. The Bertz CT molecular complexity index is 1000. The molecular formula is C21H18BrI2NO4. The molecule has 0 radical (unpaired) electrons. The lowest BCUT2D eigenvalue weighted by Crippen LogP contribution is -2.05. The molecule has 5 nitrogen and oxygen atoms in total. The first-order valence-electron chi connectivity index (χ1n) is 9.00. The second kappa shape index (κ2) is 10.3. The highest BCUT2D eigenvalue weighted by molar-refractivity contribution is 14.1. The molecule has 152 valence electrons. The third-order valence-electron chi connectivity index (χ3n) is 3.87. The molecule has 0 saturated heterocycles. The molecule has 1 aliphatic rings. The minimum absolute atomic E-state index is 0.246. The lowest BCUT2D eigenvalue weighted by atomic mass is 10.1. The fraction of sp³-hybridized carbons (Fsp3) is 0.238. The van der Waals surface area contributed by atoms with Gasteiger partial charge in [0.05, 0.1) is 16.8 Å². The van der Waals surface area contributed by atoms with Crippen molar-refractivity contribution in [1.82, 2.24) is 0 Å². The standard InChI is InChI=1S/C21H18BrI2NO4/c1-3-7-28-19-16(24)8-12(10-18(19)27-4-2)9-17-21(26)29-20(25-17)13-5-6-15(23)14(22)11-13/h5-6,8-11H,3-4,7H2,1-2H3/b17-9-. The summed E-state index contributed by atoms with van der Waals surface area (Å²) in [6.07, 6.45) is 2.61. The summed E-state index contributed by atoms with van der Waals surface area (Å²) in [6, 6.07) is 9.48. The monoisotopic (exact) mass is 681 g/mol. The summed E-state index contributed by atoms with van der Waals surface area (Å²) >= 11 is 7.92. The lowest BCUT2D eigenvalue weighted by Gasteiger charge is -2.14. The summed E-state index contributed by atoms with van der Waals surface area (Å²) in [4.78, 5) is 16.7. The summed E-state index contributed by atoms with van der Waals surface area (Å²) < 4.78 is 19.8. The SMILES string of the molecule is CCCOc1c(I)cc(/C=C2\N=C(c3ccc(I)c(Br)c3)OC2=O)cc1OCC. The zero-order valence-corrected chi connectivity index (χ0v) is 21.7. The van der Waals surface area contributed by atoms with E-state index in [4.69, 9.17) is 14.2 Å². The maximum absolute atomic E-state index is 12.3. The average molecular weight is 682 g/mol. The Morgan fingerprint density at radius 1 is 1.14 bits per heavy atom. The zero-order chi connectivity index (χ0) is 21.0. The van der Waals surface area contributed by atoms with E-state index in [-0.39, 0.29) is 5.70 Å². The van der Waals surface area contributed by atoms with Gasteiger partial charge >= 0.3 is 5.97 Å². The summed E-state index contributed by atoms with van der Waals surface area (Å²) in [5.74, 6) is 1.19. The average Bonchev–Trinajstić information content (AvgIpc) is 3.04. The number of hydrogen-bond acceptors (Lipinski definition) is 5. The van der Waals surface area contributed by atoms with E-state index in [1.165, 1.54) is 0 Å². The third kappa shape index (κ3) is 5.52. The van der Waals surface area contributed by atoms with Gasteiger partial charge in [-0.15, -0.1) is 0 Å². The molecule has 0 N–H and O–H groups in total. The topological polar surface area (TPSA) is 57.1 Å². The van der Waals surface area contributed by atoms with Gasteiger partial charge in [-0.2, -0.15) is 0 Å². The summed E-state index contributed by atoms with van der Waals surface area (Å²) in [5, 5.41) is 0. The molecule has 2 aromatic rings. The summed E-state index contributed by atoms with van der Waals surface area (Å²) in [5.41, 5.74) is 1.78. The molecule has 0 spiro atoms. The first-order valence-corrected chi connectivity index (χ1v) is 11.9. The van der Waals surface area contributed by atoms with E-state index in [1.54, 1.807) is 6.08 Å². The van der Waals surface area contributed by atoms with Crippen LogP contribution < -0.4 is 9.47 Å². The molecule has 0 bridgehead atoms. The van der Waals surface area contributed by atoms with Gasteiger partial charge in [0.25, 0.3) is 0 Å². The molecule has 1 heterocycles. The van der Waals surface area contributed by atoms with E-state index in [0.717, 1.165) is 34.9 Å². The van der Waals surface area contributed by atoms with Crippen LogP contribution in [0.15, 0.2) is 45.5 Å². The summed E-state index contributed by atoms with van der Waals surface area (Å²) in [6.45, 7) is 5.11. The molecule has 3 rings (SSSR count). The van der Waals surface area contributed by atoms with E-state index in [0.29, 0.717) is 24.9 Å². The minimum atomic E-state index is -0.478. The Hall–Kier alpha value is -1.14. The summed E-state index contributed by atoms with van der Waals surface area (Å²) in [7, 11) is 0. The molecule has 0 unspecified atom stereocenters. The van der Waals surface area contributed by atoms with Crippen LogP contribution in [-0.4, -0.2) is 25.1 Å². The lowest BCUT2D eigenvalue weighted by molar-refractivity contribution is -0.129. The van der Waals surface area contributed by atoms with Crippen LogP contribution in [0.2, 0.25) is 0 Å². The van der Waals surface area contributed by atoms with Crippen LogP contribution in [0.3, 0.4) is 0 Å². The molecule has 29 heavy (non-hydrogen) atoms. The number of carbonyl (C=O) groups is 1. The van der Waals surface area contributed by atoms with Crippen LogP contribution in [-0.2, 0) is 9.53 Å². The van der Waals surface area contributed by atoms with Crippen LogP contribution in [0.5, 0.6) is 11.5 Å². The van der Waals surface area contributed by atoms with Crippen LogP contribution in [0.25, 0.3) is 6.08 Å². The number of cyclic esters (lactones) is 1. The Labute approximate surface area is 205 Å². The molecule has 0 aliphatic carbocycles. The molecule has 0 atom stereocenters. The molecule has 0 amide bonds. The number of benzene rings is 2. The minimum Gasteiger partial charge on any atom is -0.490 e. The number of halogens is 3. The highest BCUT2D eigenvalue weighted by Gasteiger charge is 2.25. The quantitative estimate of drug-likeness (QED) is 0.199. The molecule has 1 aliphatic heterocycles. The normalized spacial score (nSPS) is 14.7. The number of hydrogen-bond donors (Lipinski definition) is 0. The third-order valence-corrected chi connectivity index (χ3v) is 7.01. The van der Waals surface area contributed by atoms with Crippen molar-refractivity contribution in [2.75, 3.05) is 13.2 Å². The largest absolute Gasteiger partial charge is 0.490 e. The van der Waals surface area contributed by atoms with Crippen molar-refractivity contribution >= 4 is 79.1 Å². The zero-order valence-electron chi connectivity index (χ0n) is 15.8. The van der Waals surface area contributed by atoms with Crippen molar-refractivity contribution in [3.8, 4) is 11.5 Å². The van der Waals surface area contributed by atoms with Gasteiger partial charge in [0.15, 0.2) is 17.2 Å².